The third-order valence-electron chi connectivity index (χ3n) is 13.7. The second-order valence-corrected chi connectivity index (χ2v) is 17.8. The molecular weight excluding hydrogens is 749 g/mol. The van der Waals surface area contributed by atoms with E-state index >= 15 is 0 Å². The molecule has 1 aliphatic carbocycles. The van der Waals surface area contributed by atoms with Gasteiger partial charge in [0.15, 0.2) is 0 Å². The lowest BCUT2D eigenvalue weighted by atomic mass is 9.95. The number of piperidine rings is 2. The normalized spacial score (nSPS) is 23.9. The van der Waals surface area contributed by atoms with Gasteiger partial charge in [0.2, 0.25) is 11.8 Å². The average Bonchev–Trinajstić information content (AvgIpc) is 3.54. The molecule has 310 valence electrons. The molecule has 0 radical (unpaired) electrons. The minimum Gasteiger partial charge on any atom is -0.494 e. The van der Waals surface area contributed by atoms with Gasteiger partial charge in [0.05, 0.1) is 30.6 Å². The molecule has 3 amide bonds. The maximum atomic E-state index is 13.4. The van der Waals surface area contributed by atoms with Crippen molar-refractivity contribution in [2.45, 2.75) is 70.1 Å². The number of nitrogens with zero attached hydrogens (tertiary/aromatic N) is 8. The molecule has 5 aliphatic heterocycles. The molecule has 7 heterocycles. The number of aromatic amines is 1. The Morgan fingerprint density at radius 3 is 2.34 bits per heavy atom. The molecule has 0 bridgehead atoms. The van der Waals surface area contributed by atoms with Crippen LogP contribution in [0.5, 0.6) is 11.5 Å². The zero-order chi connectivity index (χ0) is 40.3. The zero-order valence-electron chi connectivity index (χ0n) is 34.1. The number of ether oxygens (including phenoxy) is 2. The van der Waals surface area contributed by atoms with Crippen LogP contribution in [0.2, 0.25) is 0 Å². The summed E-state index contributed by atoms with van der Waals surface area (Å²) in [5.74, 6) is 2.94. The Labute approximate surface area is 344 Å². The van der Waals surface area contributed by atoms with Gasteiger partial charge in [-0.25, -0.2) is 9.97 Å². The Hall–Kier alpha value is -5.28. The highest BCUT2D eigenvalue weighted by Gasteiger charge is 2.42. The number of piperazine rings is 1. The maximum Gasteiger partial charge on any atom is 0.255 e. The molecule has 2 N–H and O–H groups in total. The summed E-state index contributed by atoms with van der Waals surface area (Å²) < 4.78 is 12.2. The van der Waals surface area contributed by atoms with Crippen molar-refractivity contribution in [1.29, 1.82) is 0 Å². The molecule has 10 rings (SSSR count). The minimum atomic E-state index is -0.641. The van der Waals surface area contributed by atoms with Crippen molar-refractivity contribution in [2.75, 3.05) is 82.4 Å². The number of methoxy groups -OCH3 is 1. The first-order valence-electron chi connectivity index (χ1n) is 21.5. The number of nitrogens with one attached hydrogen (secondary N) is 2. The van der Waals surface area contributed by atoms with E-state index in [-0.39, 0.29) is 23.8 Å². The molecule has 15 nitrogen and oxygen atoms in total. The summed E-state index contributed by atoms with van der Waals surface area (Å²) in [5.41, 5.74) is 5.00. The summed E-state index contributed by atoms with van der Waals surface area (Å²) in [6.07, 6.45) is 7.80. The fraction of sp³-hybridized carbons (Fsp3) is 0.545. The van der Waals surface area contributed by atoms with Gasteiger partial charge in [-0.1, -0.05) is 0 Å². The summed E-state index contributed by atoms with van der Waals surface area (Å²) in [5, 5.41) is 11.2. The number of hydrogen-bond acceptors (Lipinski definition) is 12. The smallest absolute Gasteiger partial charge is 0.255 e. The van der Waals surface area contributed by atoms with E-state index in [0.717, 1.165) is 148 Å². The van der Waals surface area contributed by atoms with Crippen molar-refractivity contribution in [1.82, 2.24) is 40.2 Å². The Bertz CT molecular complexity index is 2260. The van der Waals surface area contributed by atoms with Crippen LogP contribution in [-0.2, 0) is 16.1 Å². The SMILES string of the molecule is COc1c(N2CCC(CN3CCN(C[C@H]4CCN(c5cc(-c6n[nH]c7ccc(OC8(C)CC8)cc67)ncn5)C4)CC3)CC2)ccc2c1CN(C1CCC(=O)NC1=O)C2=O. The topological polar surface area (TPSA) is 152 Å². The van der Waals surface area contributed by atoms with E-state index in [1.54, 1.807) is 18.3 Å². The van der Waals surface area contributed by atoms with Crippen molar-refractivity contribution >= 4 is 40.1 Å². The van der Waals surface area contributed by atoms with E-state index in [0.29, 0.717) is 30.4 Å². The van der Waals surface area contributed by atoms with Crippen LogP contribution in [0.4, 0.5) is 11.5 Å². The van der Waals surface area contributed by atoms with Gasteiger partial charge in [-0.2, -0.15) is 5.10 Å². The molecule has 2 aromatic heterocycles. The number of benzene rings is 2. The Morgan fingerprint density at radius 1 is 0.847 bits per heavy atom. The van der Waals surface area contributed by atoms with Crippen molar-refractivity contribution in [2.24, 2.45) is 11.8 Å². The van der Waals surface area contributed by atoms with Gasteiger partial charge in [0.25, 0.3) is 5.91 Å². The monoisotopic (exact) mass is 802 g/mol. The molecule has 15 heteroatoms. The van der Waals surface area contributed by atoms with Gasteiger partial charge < -0.3 is 34.0 Å². The molecule has 5 fully saturated rings. The third kappa shape index (κ3) is 7.58. The molecule has 1 saturated carbocycles. The molecule has 6 aliphatic rings. The number of imide groups is 1. The second-order valence-electron chi connectivity index (χ2n) is 17.8. The van der Waals surface area contributed by atoms with Crippen LogP contribution in [0.25, 0.3) is 22.3 Å². The molecule has 2 atom stereocenters. The number of carbonyl (C=O) groups excluding carboxylic acids is 3. The summed E-state index contributed by atoms with van der Waals surface area (Å²) in [6, 6.07) is 11.5. The highest BCUT2D eigenvalue weighted by molar-refractivity contribution is 6.06. The number of aromatic nitrogens is 4. The molecule has 0 spiro atoms. The molecule has 4 aromatic rings. The van der Waals surface area contributed by atoms with Gasteiger partial charge in [0.1, 0.15) is 41.0 Å². The summed E-state index contributed by atoms with van der Waals surface area (Å²) >= 11 is 0. The van der Waals surface area contributed by atoms with Gasteiger partial charge in [-0.05, 0) is 87.6 Å². The molecule has 4 saturated heterocycles. The van der Waals surface area contributed by atoms with Crippen LogP contribution in [-0.4, -0.2) is 137 Å². The Morgan fingerprint density at radius 2 is 1.59 bits per heavy atom. The number of H-pyrrole nitrogens is 1. The fourth-order valence-corrected chi connectivity index (χ4v) is 9.97. The highest BCUT2D eigenvalue weighted by Crippen LogP contribution is 2.42. The quantitative estimate of drug-likeness (QED) is 0.210. The first kappa shape index (κ1) is 38.0. The first-order chi connectivity index (χ1) is 28.7. The van der Waals surface area contributed by atoms with Crippen LogP contribution < -0.4 is 24.6 Å². The van der Waals surface area contributed by atoms with Gasteiger partial charge in [-0.15, -0.1) is 0 Å². The maximum absolute atomic E-state index is 13.4. The standard InChI is InChI=1S/C44H54N10O5/c1-44(12-13-44)59-30-3-5-34-32(21-30)40(49-48-34)35-22-38(46-27-45-35)53-16-11-29(25-53)24-51-19-17-50(18-20-51)23-28-9-14-52(15-10-28)36-6-4-31-33(41(36)58-2)26-54(43(31)57)37-7-8-39(55)47-42(37)56/h3-6,21-22,27-29,37H,7-20,23-26H2,1-2H3,(H,48,49)(H,47,55,56)/t29-,37?/m1/s1. The van der Waals surface area contributed by atoms with Crippen LogP contribution in [0, 0.1) is 11.8 Å². The highest BCUT2D eigenvalue weighted by atomic mass is 16.5. The van der Waals surface area contributed by atoms with Gasteiger partial charge in [0, 0.05) is 94.4 Å². The number of amides is 3. The molecular formula is C44H54N10O5. The van der Waals surface area contributed by atoms with Crippen LogP contribution in [0.15, 0.2) is 42.7 Å². The van der Waals surface area contributed by atoms with E-state index < -0.39 is 11.9 Å². The van der Waals surface area contributed by atoms with Crippen LogP contribution in [0.3, 0.4) is 0 Å². The number of rotatable bonds is 11. The average molecular weight is 803 g/mol. The summed E-state index contributed by atoms with van der Waals surface area (Å²) in [7, 11) is 1.66. The van der Waals surface area contributed by atoms with E-state index in [1.165, 1.54) is 0 Å². The van der Waals surface area contributed by atoms with Gasteiger partial charge >= 0.3 is 0 Å². The lowest BCUT2D eigenvalue weighted by Gasteiger charge is -2.40. The Balaban J connectivity index is 0.689. The zero-order valence-corrected chi connectivity index (χ0v) is 34.1. The van der Waals surface area contributed by atoms with Crippen molar-refractivity contribution in [3.8, 4) is 22.9 Å². The second kappa shape index (κ2) is 15.4. The minimum absolute atomic E-state index is 0.0408. The summed E-state index contributed by atoms with van der Waals surface area (Å²) in [6.45, 7) is 13.0. The number of hydrogen-bond donors (Lipinski definition) is 2. The van der Waals surface area contributed by atoms with Crippen molar-refractivity contribution in [3.63, 3.8) is 0 Å². The van der Waals surface area contributed by atoms with E-state index in [4.69, 9.17) is 9.47 Å². The van der Waals surface area contributed by atoms with Gasteiger partial charge in [-0.3, -0.25) is 24.8 Å². The van der Waals surface area contributed by atoms with Crippen LogP contribution >= 0.6 is 0 Å². The molecule has 1 unspecified atom stereocenters. The number of carbonyl (C=O) groups is 3. The summed E-state index contributed by atoms with van der Waals surface area (Å²) in [4.78, 5) is 58.7. The van der Waals surface area contributed by atoms with E-state index in [9.17, 15) is 14.4 Å². The van der Waals surface area contributed by atoms with Crippen LogP contribution in [0.1, 0.15) is 67.8 Å². The van der Waals surface area contributed by atoms with Crippen molar-refractivity contribution in [3.05, 3.63) is 53.9 Å². The molecule has 59 heavy (non-hydrogen) atoms. The fourth-order valence-electron chi connectivity index (χ4n) is 9.97. The predicted molar refractivity (Wildman–Crippen MR) is 223 cm³/mol. The largest absolute Gasteiger partial charge is 0.494 e. The predicted octanol–water partition coefficient (Wildman–Crippen LogP) is 4.08. The first-order valence-corrected chi connectivity index (χ1v) is 21.5. The van der Waals surface area contributed by atoms with E-state index in [1.807, 2.05) is 24.3 Å². The number of anilines is 2. The lowest BCUT2D eigenvalue weighted by molar-refractivity contribution is -0.136. The van der Waals surface area contributed by atoms with Crippen molar-refractivity contribution < 1.29 is 23.9 Å². The third-order valence-corrected chi connectivity index (χ3v) is 13.7. The lowest BCUT2D eigenvalue weighted by Crippen LogP contribution is -2.52. The Kier molecular flexibility index (Phi) is 9.90. The van der Waals surface area contributed by atoms with E-state index in [2.05, 4.69) is 64.1 Å². The number of fused-ring (bicyclic) bond motifs is 2. The molecule has 2 aromatic carbocycles.